The van der Waals surface area contributed by atoms with Crippen molar-refractivity contribution >= 4 is 14.4 Å². The van der Waals surface area contributed by atoms with Crippen molar-refractivity contribution < 1.29 is 14.0 Å². The minimum absolute atomic E-state index is 0.119. The lowest BCUT2D eigenvalue weighted by atomic mass is 10.1. The predicted molar refractivity (Wildman–Crippen MR) is 106 cm³/mol. The van der Waals surface area contributed by atoms with Gasteiger partial charge in [0.25, 0.3) is 0 Å². The van der Waals surface area contributed by atoms with Crippen LogP contribution < -0.4 is 5.32 Å². The summed E-state index contributed by atoms with van der Waals surface area (Å²) < 4.78 is 11.7. The number of carbonyl (C=O) groups excluding carboxylic acids is 1. The molecule has 0 aliphatic rings. The van der Waals surface area contributed by atoms with Gasteiger partial charge in [-0.2, -0.15) is 0 Å². The molecule has 0 unspecified atom stereocenters. The fraction of sp³-hybridized carbons (Fsp3) is 0.650. The highest BCUT2D eigenvalue weighted by Crippen LogP contribution is 2.36. The third-order valence-electron chi connectivity index (χ3n) is 4.50. The van der Waals surface area contributed by atoms with Crippen LogP contribution in [0.15, 0.2) is 30.3 Å². The maximum atomic E-state index is 12.2. The fourth-order valence-corrected chi connectivity index (χ4v) is 3.10. The lowest BCUT2D eigenvalue weighted by Crippen LogP contribution is -2.48. The number of alkyl carbamates (subject to hydrolysis) is 1. The molecule has 1 atom stereocenters. The third kappa shape index (κ3) is 8.06. The van der Waals surface area contributed by atoms with Gasteiger partial charge >= 0.3 is 6.09 Å². The lowest BCUT2D eigenvalue weighted by Gasteiger charge is -2.37. The summed E-state index contributed by atoms with van der Waals surface area (Å²) >= 11 is 0. The topological polar surface area (TPSA) is 47.6 Å². The van der Waals surface area contributed by atoms with E-state index in [-0.39, 0.29) is 11.1 Å². The van der Waals surface area contributed by atoms with Gasteiger partial charge in [0.15, 0.2) is 8.32 Å². The van der Waals surface area contributed by atoms with Gasteiger partial charge in [-0.3, -0.25) is 0 Å². The molecule has 1 aromatic carbocycles. The average molecular weight is 366 g/mol. The van der Waals surface area contributed by atoms with Crippen molar-refractivity contribution in [3.05, 3.63) is 35.9 Å². The number of hydrogen-bond acceptors (Lipinski definition) is 3. The van der Waals surface area contributed by atoms with Crippen LogP contribution in [0.2, 0.25) is 18.1 Å². The van der Waals surface area contributed by atoms with Crippen molar-refractivity contribution in [2.45, 2.75) is 77.7 Å². The number of rotatable bonds is 6. The minimum Gasteiger partial charge on any atom is -0.444 e. The van der Waals surface area contributed by atoms with Crippen molar-refractivity contribution in [1.82, 2.24) is 5.32 Å². The second-order valence-corrected chi connectivity index (χ2v) is 13.9. The molecule has 0 heterocycles. The highest BCUT2D eigenvalue weighted by molar-refractivity contribution is 6.74. The monoisotopic (exact) mass is 365 g/mol. The standard InChI is InChI=1S/C20H35NO3Si/c1-19(2,3)24-18(22)21-17(14-16-12-10-9-11-13-16)15-23-25(7,8)20(4,5)6/h9-13,17H,14-15H2,1-8H3,(H,21,22)/t17-/m0/s1. The Hall–Kier alpha value is -1.33. The van der Waals surface area contributed by atoms with Gasteiger partial charge in [0.2, 0.25) is 0 Å². The Morgan fingerprint density at radius 1 is 1.08 bits per heavy atom. The Balaban J connectivity index is 2.79. The first kappa shape index (κ1) is 21.7. The summed E-state index contributed by atoms with van der Waals surface area (Å²) in [6.07, 6.45) is 0.321. The summed E-state index contributed by atoms with van der Waals surface area (Å²) in [5, 5.41) is 3.12. The largest absolute Gasteiger partial charge is 0.444 e. The van der Waals surface area contributed by atoms with Crippen LogP contribution in [0.4, 0.5) is 4.79 Å². The molecule has 0 saturated carbocycles. The predicted octanol–water partition coefficient (Wildman–Crippen LogP) is 5.14. The van der Waals surface area contributed by atoms with Crippen molar-refractivity contribution in [3.8, 4) is 0 Å². The SMILES string of the molecule is CC(C)(C)OC(=O)N[C@H](CO[Si](C)(C)C(C)(C)C)Cc1ccccc1. The summed E-state index contributed by atoms with van der Waals surface area (Å²) in [5.74, 6) is 0. The van der Waals surface area contributed by atoms with Crippen LogP contribution in [0.25, 0.3) is 0 Å². The molecule has 1 rings (SSSR count). The summed E-state index contributed by atoms with van der Waals surface area (Å²) in [6.45, 7) is 17.2. The molecule has 0 saturated heterocycles. The summed E-state index contributed by atoms with van der Waals surface area (Å²) in [4.78, 5) is 12.2. The summed E-state index contributed by atoms with van der Waals surface area (Å²) in [6, 6.07) is 10.0. The van der Waals surface area contributed by atoms with Crippen molar-refractivity contribution in [2.24, 2.45) is 0 Å². The normalized spacial score (nSPS) is 14.1. The number of carbonyl (C=O) groups is 1. The Kier molecular flexibility index (Phi) is 7.26. The minimum atomic E-state index is -1.87. The van der Waals surface area contributed by atoms with Crippen LogP contribution in [-0.4, -0.2) is 32.7 Å². The van der Waals surface area contributed by atoms with Gasteiger partial charge in [-0.05, 0) is 50.9 Å². The molecule has 0 radical (unpaired) electrons. The lowest BCUT2D eigenvalue weighted by molar-refractivity contribution is 0.0485. The van der Waals surface area contributed by atoms with Crippen molar-refractivity contribution in [1.29, 1.82) is 0 Å². The van der Waals surface area contributed by atoms with Gasteiger partial charge < -0.3 is 14.5 Å². The Morgan fingerprint density at radius 3 is 2.12 bits per heavy atom. The molecule has 142 valence electrons. The molecule has 0 spiro atoms. The zero-order valence-corrected chi connectivity index (χ0v) is 18.1. The molecule has 0 aromatic heterocycles. The van der Waals surface area contributed by atoms with Crippen LogP contribution in [0.5, 0.6) is 0 Å². The van der Waals surface area contributed by atoms with Crippen LogP contribution in [0.1, 0.15) is 47.1 Å². The highest BCUT2D eigenvalue weighted by Gasteiger charge is 2.37. The molecule has 0 fully saturated rings. The van der Waals surface area contributed by atoms with Gasteiger partial charge in [0.05, 0.1) is 12.6 Å². The smallest absolute Gasteiger partial charge is 0.407 e. The average Bonchev–Trinajstić information content (AvgIpc) is 2.42. The second kappa shape index (κ2) is 8.36. The highest BCUT2D eigenvalue weighted by atomic mass is 28.4. The molecule has 25 heavy (non-hydrogen) atoms. The van der Waals surface area contributed by atoms with Crippen molar-refractivity contribution in [2.75, 3.05) is 6.61 Å². The van der Waals surface area contributed by atoms with E-state index < -0.39 is 20.0 Å². The summed E-state index contributed by atoms with van der Waals surface area (Å²) in [5.41, 5.74) is 0.657. The first-order valence-electron chi connectivity index (χ1n) is 8.97. The van der Waals surface area contributed by atoms with Gasteiger partial charge in [0, 0.05) is 0 Å². The number of benzene rings is 1. The zero-order chi connectivity index (χ0) is 19.3. The van der Waals surface area contributed by atoms with E-state index in [1.807, 2.05) is 39.0 Å². The van der Waals surface area contributed by atoms with E-state index in [1.165, 1.54) is 5.56 Å². The van der Waals surface area contributed by atoms with E-state index >= 15 is 0 Å². The maximum absolute atomic E-state index is 12.2. The first-order chi connectivity index (χ1) is 11.3. The van der Waals surface area contributed by atoms with E-state index in [1.54, 1.807) is 0 Å². The number of nitrogens with one attached hydrogen (secondary N) is 1. The van der Waals surface area contributed by atoms with E-state index in [9.17, 15) is 4.79 Å². The molecule has 0 aliphatic carbocycles. The molecular formula is C20H35NO3Si. The van der Waals surface area contributed by atoms with Gasteiger partial charge in [-0.1, -0.05) is 51.1 Å². The summed E-state index contributed by atoms with van der Waals surface area (Å²) in [7, 11) is -1.87. The Labute approximate surface area is 154 Å². The molecule has 5 heteroatoms. The molecule has 4 nitrogen and oxygen atoms in total. The molecule has 0 aliphatic heterocycles. The van der Waals surface area contributed by atoms with E-state index in [0.717, 1.165) is 0 Å². The van der Waals surface area contributed by atoms with Crippen LogP contribution >= 0.6 is 0 Å². The van der Waals surface area contributed by atoms with E-state index in [0.29, 0.717) is 13.0 Å². The number of ether oxygens (including phenoxy) is 1. The second-order valence-electron chi connectivity index (χ2n) is 9.10. The van der Waals surface area contributed by atoms with Gasteiger partial charge in [-0.25, -0.2) is 4.79 Å². The molecule has 0 bridgehead atoms. The van der Waals surface area contributed by atoms with Crippen LogP contribution in [-0.2, 0) is 15.6 Å². The van der Waals surface area contributed by atoms with Gasteiger partial charge in [0.1, 0.15) is 5.60 Å². The van der Waals surface area contributed by atoms with Crippen LogP contribution in [0.3, 0.4) is 0 Å². The number of hydrogen-bond donors (Lipinski definition) is 1. The molecule has 1 amide bonds. The zero-order valence-electron chi connectivity index (χ0n) is 17.1. The first-order valence-corrected chi connectivity index (χ1v) is 11.9. The molecular weight excluding hydrogens is 330 g/mol. The van der Waals surface area contributed by atoms with E-state index in [2.05, 4.69) is 51.3 Å². The third-order valence-corrected chi connectivity index (χ3v) is 9.00. The van der Waals surface area contributed by atoms with E-state index in [4.69, 9.17) is 9.16 Å². The Morgan fingerprint density at radius 2 is 1.64 bits per heavy atom. The quantitative estimate of drug-likeness (QED) is 0.710. The van der Waals surface area contributed by atoms with Crippen molar-refractivity contribution in [3.63, 3.8) is 0 Å². The molecule has 1 N–H and O–H groups in total. The van der Waals surface area contributed by atoms with Gasteiger partial charge in [-0.15, -0.1) is 0 Å². The molecule has 1 aromatic rings. The number of amides is 1. The maximum Gasteiger partial charge on any atom is 0.407 e. The van der Waals surface area contributed by atoms with Crippen LogP contribution in [0, 0.1) is 0 Å². The fourth-order valence-electron chi connectivity index (χ4n) is 2.05. The Bertz CT molecular complexity index is 544.